The average Bonchev–Trinajstić information content (AvgIpc) is 3.41. The number of halogens is 6. The quantitative estimate of drug-likeness (QED) is 0.122. The lowest BCUT2D eigenvalue weighted by atomic mass is 9.78. The van der Waals surface area contributed by atoms with Crippen molar-refractivity contribution < 1.29 is 36.2 Å². The topological polar surface area (TPSA) is 159 Å². The Bertz CT molecular complexity index is 2270. The average molecular weight is 729 g/mol. The number of phenolic OH excluding ortho intramolecular Hbond substituents is 1. The molecule has 10 nitrogen and oxygen atoms in total. The summed E-state index contributed by atoms with van der Waals surface area (Å²) in [6.45, 7) is 4.10. The second-order valence-corrected chi connectivity index (χ2v) is 13.6. The number of nitrogen functional groups attached to an aromatic ring is 2. The third kappa shape index (κ3) is 6.18. The van der Waals surface area contributed by atoms with Gasteiger partial charge in [0, 0.05) is 41.2 Å². The van der Waals surface area contributed by atoms with E-state index in [9.17, 15) is 32.3 Å². The Morgan fingerprint density at radius 2 is 1.96 bits per heavy atom. The zero-order valence-corrected chi connectivity index (χ0v) is 28.1. The second-order valence-electron chi connectivity index (χ2n) is 12.6. The van der Waals surface area contributed by atoms with Crippen LogP contribution < -0.4 is 21.5 Å². The lowest BCUT2D eigenvalue weighted by molar-refractivity contribution is -0.138. The van der Waals surface area contributed by atoms with E-state index in [0.717, 1.165) is 12.1 Å². The van der Waals surface area contributed by atoms with E-state index in [4.69, 9.17) is 16.2 Å². The van der Waals surface area contributed by atoms with Crippen LogP contribution in [0.1, 0.15) is 43.0 Å². The number of nitriles is 1. The molecule has 2 atom stereocenters. The fourth-order valence-corrected chi connectivity index (χ4v) is 7.47. The Balaban J connectivity index is 1.64. The molecule has 0 unspecified atom stereocenters. The molecular formula is C34H30F6N8O2S. The highest BCUT2D eigenvalue weighted by atomic mass is 32.1. The summed E-state index contributed by atoms with van der Waals surface area (Å²) in [6.07, 6.45) is -3.06. The third-order valence-electron chi connectivity index (χ3n) is 9.02. The standard InChI is InChI=1S/C34H30F6N8O2S/c1-15(17-5-4-9-44-29(17)42)45-31-23-26(46-32(47-31)50-14-33(2)13-48(3)10-8-16(33)11-35)25(37)22(24(27(23)49)34(38,39)40)18-6-7-20(36)28-21(18)19(12-41)30(43)51-28/h4-7,9,11,15,49H,8,10,13-14,43H2,1-3H3,(H2,42,44)(H,45,46,47)/b16-11+/t15-,33+/m1/s1. The van der Waals surface area contributed by atoms with Crippen molar-refractivity contribution in [2.75, 3.05) is 43.5 Å². The molecule has 1 aliphatic rings. The zero-order chi connectivity index (χ0) is 37.0. The number of anilines is 3. The predicted molar refractivity (Wildman–Crippen MR) is 182 cm³/mol. The normalized spacial score (nSPS) is 18.3. The molecule has 17 heteroatoms. The SMILES string of the molecule is C[C@@H](Nc1nc(OC[C@]2(C)CN(C)CC/C2=C\F)nc2c(F)c(-c3ccc(F)c4sc(N)c(C#N)c34)c(C(F)(F)F)c(O)c12)c1cccnc1N. The van der Waals surface area contributed by atoms with Crippen LogP contribution >= 0.6 is 11.3 Å². The Morgan fingerprint density at radius 3 is 2.63 bits per heavy atom. The number of phenols is 1. The summed E-state index contributed by atoms with van der Waals surface area (Å²) in [5.74, 6) is -4.29. The van der Waals surface area contributed by atoms with Gasteiger partial charge in [-0.25, -0.2) is 18.2 Å². The number of thiophene rings is 1. The molecule has 0 amide bonds. The molecule has 1 fully saturated rings. The van der Waals surface area contributed by atoms with E-state index >= 15 is 4.39 Å². The van der Waals surface area contributed by atoms with Crippen molar-refractivity contribution in [3.63, 3.8) is 0 Å². The Kier molecular flexibility index (Phi) is 9.10. The van der Waals surface area contributed by atoms with Crippen LogP contribution in [0.15, 0.2) is 42.4 Å². The maximum Gasteiger partial charge on any atom is 0.420 e. The number of aromatic hydroxyl groups is 1. The molecule has 0 bridgehead atoms. The van der Waals surface area contributed by atoms with Crippen molar-refractivity contribution in [1.82, 2.24) is 19.9 Å². The maximum atomic E-state index is 17.0. The van der Waals surface area contributed by atoms with E-state index in [1.807, 2.05) is 11.9 Å². The molecule has 1 saturated heterocycles. The number of nitrogens with one attached hydrogen (secondary N) is 1. The number of aromatic nitrogens is 3. The van der Waals surface area contributed by atoms with Gasteiger partial charge in [0.2, 0.25) is 0 Å². The molecule has 5 aromatic rings. The number of hydrogen-bond donors (Lipinski definition) is 4. The molecule has 1 aliphatic heterocycles. The summed E-state index contributed by atoms with van der Waals surface area (Å²) in [6, 6.07) is 5.31. The molecule has 0 aliphatic carbocycles. The van der Waals surface area contributed by atoms with Gasteiger partial charge >= 0.3 is 12.2 Å². The van der Waals surface area contributed by atoms with Crippen molar-refractivity contribution in [1.29, 1.82) is 5.26 Å². The van der Waals surface area contributed by atoms with Crippen LogP contribution in [-0.4, -0.2) is 51.7 Å². The summed E-state index contributed by atoms with van der Waals surface area (Å²) in [4.78, 5) is 14.4. The number of likely N-dealkylation sites (tertiary alicyclic amines) is 1. The summed E-state index contributed by atoms with van der Waals surface area (Å²) < 4.78 is 96.5. The lowest BCUT2D eigenvalue weighted by Gasteiger charge is -2.40. The van der Waals surface area contributed by atoms with Crippen LogP contribution in [0.2, 0.25) is 0 Å². The number of piperidine rings is 1. The summed E-state index contributed by atoms with van der Waals surface area (Å²) >= 11 is 0.607. The number of alkyl halides is 3. The minimum Gasteiger partial charge on any atom is -0.506 e. The van der Waals surface area contributed by atoms with E-state index in [-0.39, 0.29) is 33.1 Å². The zero-order valence-electron chi connectivity index (χ0n) is 27.3. The second kappa shape index (κ2) is 13.1. The monoisotopic (exact) mass is 728 g/mol. The lowest BCUT2D eigenvalue weighted by Crippen LogP contribution is -2.44. The van der Waals surface area contributed by atoms with Gasteiger partial charge in [0.05, 0.1) is 28.0 Å². The van der Waals surface area contributed by atoms with Crippen molar-refractivity contribution in [2.24, 2.45) is 5.41 Å². The first kappa shape index (κ1) is 35.5. The predicted octanol–water partition coefficient (Wildman–Crippen LogP) is 7.69. The molecule has 6 rings (SSSR count). The van der Waals surface area contributed by atoms with Crippen LogP contribution in [0.3, 0.4) is 0 Å². The van der Waals surface area contributed by atoms with Gasteiger partial charge in [-0.15, -0.1) is 11.3 Å². The fraction of sp³-hybridized carbons (Fsp3) is 0.294. The van der Waals surface area contributed by atoms with E-state index in [1.54, 1.807) is 32.0 Å². The molecule has 0 radical (unpaired) electrons. The molecular weight excluding hydrogens is 698 g/mol. The molecule has 51 heavy (non-hydrogen) atoms. The minimum absolute atomic E-state index is 0.0875. The van der Waals surface area contributed by atoms with Crippen LogP contribution in [0.5, 0.6) is 11.8 Å². The highest BCUT2D eigenvalue weighted by molar-refractivity contribution is 7.23. The van der Waals surface area contributed by atoms with E-state index in [1.165, 1.54) is 6.20 Å². The number of ether oxygens (including phenoxy) is 1. The van der Waals surface area contributed by atoms with Gasteiger partial charge in [-0.2, -0.15) is 28.4 Å². The minimum atomic E-state index is -5.40. The Labute approximate surface area is 291 Å². The van der Waals surface area contributed by atoms with Crippen LogP contribution in [0.25, 0.3) is 32.1 Å². The maximum absolute atomic E-state index is 17.0. The number of rotatable bonds is 7. The van der Waals surface area contributed by atoms with Crippen LogP contribution in [-0.2, 0) is 6.18 Å². The van der Waals surface area contributed by atoms with Crippen LogP contribution in [0, 0.1) is 28.4 Å². The number of fused-ring (bicyclic) bond motifs is 2. The smallest absolute Gasteiger partial charge is 0.420 e. The number of benzene rings is 2. The highest BCUT2D eigenvalue weighted by Gasteiger charge is 2.42. The summed E-state index contributed by atoms with van der Waals surface area (Å²) in [5, 5.41) is 22.9. The van der Waals surface area contributed by atoms with Gasteiger partial charge in [-0.05, 0) is 43.7 Å². The van der Waals surface area contributed by atoms with E-state index < -0.39 is 74.4 Å². The Hall–Kier alpha value is -5.34. The van der Waals surface area contributed by atoms with Gasteiger partial charge in [0.1, 0.15) is 52.0 Å². The molecule has 0 spiro atoms. The molecule has 266 valence electrons. The number of nitrogens with zero attached hydrogens (tertiary/aromatic N) is 5. The number of pyridine rings is 1. The first-order valence-corrected chi connectivity index (χ1v) is 16.2. The van der Waals surface area contributed by atoms with Gasteiger partial charge in [0.25, 0.3) is 0 Å². The van der Waals surface area contributed by atoms with Crippen molar-refractivity contribution in [3.05, 3.63) is 70.7 Å². The fourth-order valence-electron chi connectivity index (χ4n) is 6.52. The van der Waals surface area contributed by atoms with Gasteiger partial charge in [0.15, 0.2) is 5.82 Å². The molecule has 3 aromatic heterocycles. The third-order valence-corrected chi connectivity index (χ3v) is 10.0. The first-order chi connectivity index (χ1) is 24.1. The highest BCUT2D eigenvalue weighted by Crippen LogP contribution is 2.52. The van der Waals surface area contributed by atoms with Gasteiger partial charge < -0.3 is 31.5 Å². The van der Waals surface area contributed by atoms with Crippen molar-refractivity contribution in [2.45, 2.75) is 32.5 Å². The van der Waals surface area contributed by atoms with Gasteiger partial charge in [-0.3, -0.25) is 0 Å². The largest absolute Gasteiger partial charge is 0.506 e. The number of hydrogen-bond acceptors (Lipinski definition) is 11. The van der Waals surface area contributed by atoms with Crippen LogP contribution in [0.4, 0.5) is 43.0 Å². The van der Waals surface area contributed by atoms with Crippen molar-refractivity contribution in [3.8, 4) is 29.0 Å². The van der Waals surface area contributed by atoms with E-state index in [0.29, 0.717) is 48.3 Å². The van der Waals surface area contributed by atoms with Crippen molar-refractivity contribution >= 4 is 49.0 Å². The molecule has 0 saturated carbocycles. The summed E-state index contributed by atoms with van der Waals surface area (Å²) in [5.41, 5.74) is 7.19. The molecule has 4 heterocycles. The summed E-state index contributed by atoms with van der Waals surface area (Å²) in [7, 11) is 1.84. The molecule has 2 aromatic carbocycles. The Morgan fingerprint density at radius 1 is 1.22 bits per heavy atom. The first-order valence-electron chi connectivity index (χ1n) is 15.4. The molecule has 6 N–H and O–H groups in total. The number of nitrogens with two attached hydrogens (primary N) is 2. The van der Waals surface area contributed by atoms with E-state index in [2.05, 4.69) is 20.3 Å². The van der Waals surface area contributed by atoms with Gasteiger partial charge in [-0.1, -0.05) is 19.1 Å².